The van der Waals surface area contributed by atoms with Crippen LogP contribution >= 0.6 is 0 Å². The molecule has 0 aliphatic carbocycles. The van der Waals surface area contributed by atoms with Crippen LogP contribution < -0.4 is 0 Å². The van der Waals surface area contributed by atoms with Crippen molar-refractivity contribution in [1.29, 1.82) is 5.26 Å². The van der Waals surface area contributed by atoms with Crippen LogP contribution in [0.2, 0.25) is 0 Å². The molecule has 108 valence electrons. The smallest absolute Gasteiger partial charge is 0.308 e. The maximum absolute atomic E-state index is 13.6. The summed E-state index contributed by atoms with van der Waals surface area (Å²) in [6.07, 6.45) is -3.40. The molecule has 0 radical (unpaired) electrons. The predicted octanol–water partition coefficient (Wildman–Crippen LogP) is 1.24. The highest BCUT2D eigenvalue weighted by atomic mass is 19.1. The molecule has 0 aliphatic heterocycles. The summed E-state index contributed by atoms with van der Waals surface area (Å²) in [5, 5.41) is 28.2. The fourth-order valence-corrected chi connectivity index (χ4v) is 1.73. The molecule has 0 amide bonds. The van der Waals surface area contributed by atoms with Crippen LogP contribution in [0.3, 0.4) is 0 Å². The van der Waals surface area contributed by atoms with E-state index in [1.807, 2.05) is 6.07 Å². The number of aliphatic hydroxyl groups is 2. The fraction of sp³-hybridized carbons (Fsp3) is 0.429. The van der Waals surface area contributed by atoms with Crippen LogP contribution in [0, 0.1) is 17.1 Å². The molecule has 2 unspecified atom stereocenters. The number of halogens is 1. The molecule has 1 aromatic carbocycles. The van der Waals surface area contributed by atoms with Crippen LogP contribution in [-0.4, -0.2) is 28.9 Å². The van der Waals surface area contributed by atoms with E-state index < -0.39 is 30.4 Å². The van der Waals surface area contributed by atoms with Gasteiger partial charge in [0.05, 0.1) is 31.6 Å². The third kappa shape index (κ3) is 4.30. The average Bonchev–Trinajstić information content (AvgIpc) is 2.40. The van der Waals surface area contributed by atoms with Gasteiger partial charge < -0.3 is 14.9 Å². The van der Waals surface area contributed by atoms with E-state index in [1.165, 1.54) is 12.1 Å². The fourth-order valence-electron chi connectivity index (χ4n) is 1.73. The van der Waals surface area contributed by atoms with Gasteiger partial charge in [-0.25, -0.2) is 4.39 Å². The van der Waals surface area contributed by atoms with Gasteiger partial charge in [0, 0.05) is 5.56 Å². The topological polar surface area (TPSA) is 90.6 Å². The van der Waals surface area contributed by atoms with Crippen molar-refractivity contribution in [2.45, 2.75) is 32.0 Å². The van der Waals surface area contributed by atoms with Crippen molar-refractivity contribution in [3.63, 3.8) is 0 Å². The highest BCUT2D eigenvalue weighted by molar-refractivity contribution is 5.70. The van der Waals surface area contributed by atoms with Gasteiger partial charge in [0.25, 0.3) is 0 Å². The Hall–Kier alpha value is -1.97. The number of hydrogen-bond donors (Lipinski definition) is 2. The Morgan fingerprint density at radius 1 is 1.50 bits per heavy atom. The zero-order chi connectivity index (χ0) is 15.1. The Labute approximate surface area is 116 Å². The second kappa shape index (κ2) is 7.58. The standard InChI is InChI=1S/C14H16FNO4/c1-2-20-13(18)8-12(17)14(19)10-7-9(5-6-16)3-4-11(10)15/h3-4,7,12,14,17,19H,2,5,8H2,1H3. The number of rotatable bonds is 6. The number of benzene rings is 1. The zero-order valence-corrected chi connectivity index (χ0v) is 11.0. The lowest BCUT2D eigenvalue weighted by Gasteiger charge is -2.18. The first-order valence-electron chi connectivity index (χ1n) is 6.16. The molecule has 0 saturated heterocycles. The largest absolute Gasteiger partial charge is 0.466 e. The highest BCUT2D eigenvalue weighted by Gasteiger charge is 2.24. The molecule has 5 nitrogen and oxygen atoms in total. The molecule has 0 bridgehead atoms. The molecule has 1 aromatic rings. The van der Waals surface area contributed by atoms with E-state index in [-0.39, 0.29) is 18.6 Å². The van der Waals surface area contributed by atoms with Crippen molar-refractivity contribution < 1.29 is 24.1 Å². The van der Waals surface area contributed by atoms with E-state index in [0.29, 0.717) is 5.56 Å². The summed E-state index contributed by atoms with van der Waals surface area (Å²) in [6.45, 7) is 1.78. The van der Waals surface area contributed by atoms with E-state index in [1.54, 1.807) is 6.92 Å². The minimum Gasteiger partial charge on any atom is -0.466 e. The third-order valence-corrected chi connectivity index (χ3v) is 2.71. The number of nitrogens with zero attached hydrogens (tertiary/aromatic N) is 1. The first-order valence-corrected chi connectivity index (χ1v) is 6.16. The average molecular weight is 281 g/mol. The number of ether oxygens (including phenoxy) is 1. The highest BCUT2D eigenvalue weighted by Crippen LogP contribution is 2.23. The lowest BCUT2D eigenvalue weighted by Crippen LogP contribution is -2.24. The first kappa shape index (κ1) is 16.1. The monoisotopic (exact) mass is 281 g/mol. The normalized spacial score (nSPS) is 13.3. The lowest BCUT2D eigenvalue weighted by molar-refractivity contribution is -0.147. The van der Waals surface area contributed by atoms with Crippen molar-refractivity contribution in [2.75, 3.05) is 6.61 Å². The summed E-state index contributed by atoms with van der Waals surface area (Å²) >= 11 is 0. The van der Waals surface area contributed by atoms with E-state index in [0.717, 1.165) is 6.07 Å². The second-order valence-electron chi connectivity index (χ2n) is 4.21. The van der Waals surface area contributed by atoms with Crippen LogP contribution in [0.1, 0.15) is 30.6 Å². The summed E-state index contributed by atoms with van der Waals surface area (Å²) in [5.41, 5.74) is 0.376. The lowest BCUT2D eigenvalue weighted by atomic mass is 9.98. The molecule has 1 rings (SSSR count). The van der Waals surface area contributed by atoms with Gasteiger partial charge in [0.15, 0.2) is 0 Å². The second-order valence-corrected chi connectivity index (χ2v) is 4.21. The van der Waals surface area contributed by atoms with Crippen LogP contribution in [0.15, 0.2) is 18.2 Å². The molecular formula is C14H16FNO4. The van der Waals surface area contributed by atoms with Gasteiger partial charge in [-0.15, -0.1) is 0 Å². The Morgan fingerprint density at radius 3 is 2.80 bits per heavy atom. The van der Waals surface area contributed by atoms with E-state index in [4.69, 9.17) is 5.26 Å². The third-order valence-electron chi connectivity index (χ3n) is 2.71. The molecule has 2 N–H and O–H groups in total. The van der Waals surface area contributed by atoms with Crippen LogP contribution in [0.25, 0.3) is 0 Å². The summed E-state index contributed by atoms with van der Waals surface area (Å²) in [6, 6.07) is 5.75. The van der Waals surface area contributed by atoms with Gasteiger partial charge in [-0.1, -0.05) is 6.07 Å². The van der Waals surface area contributed by atoms with Crippen molar-refractivity contribution in [2.24, 2.45) is 0 Å². The quantitative estimate of drug-likeness (QED) is 0.766. The van der Waals surface area contributed by atoms with Crippen molar-refractivity contribution in [1.82, 2.24) is 0 Å². The molecule has 0 saturated carbocycles. The molecule has 0 aliphatic rings. The Morgan fingerprint density at radius 2 is 2.20 bits per heavy atom. The van der Waals surface area contributed by atoms with Crippen LogP contribution in [0.5, 0.6) is 0 Å². The maximum atomic E-state index is 13.6. The van der Waals surface area contributed by atoms with Gasteiger partial charge in [-0.3, -0.25) is 4.79 Å². The van der Waals surface area contributed by atoms with Crippen molar-refractivity contribution >= 4 is 5.97 Å². The first-order chi connectivity index (χ1) is 9.49. The summed E-state index contributed by atoms with van der Waals surface area (Å²) in [7, 11) is 0. The van der Waals surface area contributed by atoms with Crippen LogP contribution in [0.4, 0.5) is 4.39 Å². The molecule has 2 atom stereocenters. The van der Waals surface area contributed by atoms with Gasteiger partial charge in [-0.05, 0) is 24.6 Å². The predicted molar refractivity (Wildman–Crippen MR) is 67.9 cm³/mol. The Bertz CT molecular complexity index is 512. The summed E-state index contributed by atoms with van der Waals surface area (Å²) < 4.78 is 18.3. The number of aliphatic hydroxyl groups excluding tert-OH is 2. The Kier molecular flexibility index (Phi) is 6.10. The van der Waals surface area contributed by atoms with E-state index >= 15 is 0 Å². The van der Waals surface area contributed by atoms with E-state index in [2.05, 4.69) is 4.74 Å². The SMILES string of the molecule is CCOC(=O)CC(O)C(O)c1cc(CC#N)ccc1F. The summed E-state index contributed by atoms with van der Waals surface area (Å²) in [5.74, 6) is -1.38. The van der Waals surface area contributed by atoms with Crippen LogP contribution in [-0.2, 0) is 16.0 Å². The minimum atomic E-state index is -1.56. The number of esters is 1. The summed E-state index contributed by atoms with van der Waals surface area (Å²) in [4.78, 5) is 11.2. The number of hydrogen-bond acceptors (Lipinski definition) is 5. The molecule has 0 heterocycles. The molecule has 20 heavy (non-hydrogen) atoms. The molecule has 6 heteroatoms. The molecule has 0 aromatic heterocycles. The zero-order valence-electron chi connectivity index (χ0n) is 11.0. The number of nitriles is 1. The van der Waals surface area contributed by atoms with Gasteiger partial charge in [0.2, 0.25) is 0 Å². The molecule has 0 fully saturated rings. The van der Waals surface area contributed by atoms with Crippen molar-refractivity contribution in [3.8, 4) is 6.07 Å². The molecule has 0 spiro atoms. The minimum absolute atomic E-state index is 0.0635. The van der Waals surface area contributed by atoms with E-state index in [9.17, 15) is 19.4 Å². The van der Waals surface area contributed by atoms with Gasteiger partial charge in [-0.2, -0.15) is 5.26 Å². The maximum Gasteiger partial charge on any atom is 0.308 e. The Balaban J connectivity index is 2.85. The van der Waals surface area contributed by atoms with Gasteiger partial charge in [0.1, 0.15) is 11.9 Å². The van der Waals surface area contributed by atoms with Crippen molar-refractivity contribution in [3.05, 3.63) is 35.1 Å². The number of carbonyl (C=O) groups excluding carboxylic acids is 1. The van der Waals surface area contributed by atoms with Gasteiger partial charge >= 0.3 is 5.97 Å². The number of carbonyl (C=O) groups is 1. The molecular weight excluding hydrogens is 265 g/mol.